The lowest BCUT2D eigenvalue weighted by Crippen LogP contribution is -2.74. The van der Waals surface area contributed by atoms with Crippen LogP contribution < -0.4 is 9.64 Å². The monoisotopic (exact) mass is 593 g/mol. The van der Waals surface area contributed by atoms with Crippen LogP contribution in [0.5, 0.6) is 5.75 Å². The van der Waals surface area contributed by atoms with E-state index in [2.05, 4.69) is 29.7 Å². The third-order valence-corrected chi connectivity index (χ3v) is 10.7. The van der Waals surface area contributed by atoms with Gasteiger partial charge in [0.1, 0.15) is 5.75 Å². The molecule has 0 bridgehead atoms. The second-order valence-corrected chi connectivity index (χ2v) is 12.0. The molecule has 3 atom stereocenters. The Morgan fingerprint density at radius 3 is 2.16 bits per heavy atom. The predicted octanol–water partition coefficient (Wildman–Crippen LogP) is 5.30. The quantitative estimate of drug-likeness (QED) is 0.235. The number of likely N-dealkylation sites (tertiary alicyclic amines) is 1. The van der Waals surface area contributed by atoms with Crippen LogP contribution in [-0.4, -0.2) is 61.0 Å². The number of para-hydroxylation sites is 3. The van der Waals surface area contributed by atoms with Gasteiger partial charge in [-0.25, -0.2) is 4.79 Å². The van der Waals surface area contributed by atoms with Crippen molar-refractivity contribution >= 4 is 34.6 Å². The van der Waals surface area contributed by atoms with Crippen LogP contribution in [0.3, 0.4) is 0 Å². The van der Waals surface area contributed by atoms with E-state index in [1.54, 1.807) is 29.2 Å². The lowest BCUT2D eigenvalue weighted by Gasteiger charge is -2.52. The average Bonchev–Trinajstić information content (AvgIpc) is 3.70. The van der Waals surface area contributed by atoms with Gasteiger partial charge in [-0.15, -0.1) is 0 Å². The molecule has 44 heavy (non-hydrogen) atoms. The van der Waals surface area contributed by atoms with Gasteiger partial charge in [0.15, 0.2) is 5.66 Å². The molecule has 2 aliphatic heterocycles. The van der Waals surface area contributed by atoms with Crippen molar-refractivity contribution in [1.82, 2.24) is 9.47 Å². The smallest absolute Gasteiger partial charge is 0.417 e. The van der Waals surface area contributed by atoms with Gasteiger partial charge < -0.3 is 23.7 Å². The van der Waals surface area contributed by atoms with Gasteiger partial charge in [0.25, 0.3) is 0 Å². The van der Waals surface area contributed by atoms with Crippen LogP contribution in [0.25, 0.3) is 10.9 Å². The fourth-order valence-electron chi connectivity index (χ4n) is 9.29. The zero-order valence-corrected chi connectivity index (χ0v) is 25.5. The molecule has 9 nitrogen and oxygen atoms in total. The fraction of sp³-hybridized carbons (Fsp3) is 0.343. The standard InChI is InChI=1S/C35H35N3O6/c1-22-24-15-9-11-17-27(24)36(2)29(22)26-21-34(30(39)42-4,31(40)43-5)35-33(26,25-16-10-12-18-28(25)37(35)3)19-20-38(35)32(41)44-23-13-7-6-8-14-23/h6-18,26H,19-21H2,1-5H3/t26-,33-,35+/m1/s1. The van der Waals surface area contributed by atoms with E-state index in [1.165, 1.54) is 14.2 Å². The second kappa shape index (κ2) is 9.61. The van der Waals surface area contributed by atoms with Crippen LogP contribution in [0.2, 0.25) is 0 Å². The number of carbonyl (C=O) groups excluding carboxylic acids is 3. The molecular formula is C35H35N3O6. The van der Waals surface area contributed by atoms with Gasteiger partial charge >= 0.3 is 18.0 Å². The molecule has 9 heteroatoms. The first-order chi connectivity index (χ1) is 21.2. The maximum absolute atomic E-state index is 14.4. The molecule has 3 aliphatic rings. The van der Waals surface area contributed by atoms with Crippen molar-refractivity contribution in [1.29, 1.82) is 0 Å². The molecule has 3 heterocycles. The second-order valence-electron chi connectivity index (χ2n) is 12.0. The van der Waals surface area contributed by atoms with E-state index in [0.717, 1.165) is 33.4 Å². The maximum atomic E-state index is 14.4. The SMILES string of the molecule is COC(=O)C1(C(=O)OC)C[C@H](c2c(C)c3ccccc3n2C)[C@]23CCN(C(=O)Oc4ccccc4)[C@]12N(C)c1ccccc13. The number of amides is 1. The minimum absolute atomic E-state index is 0.0745. The number of aromatic nitrogens is 1. The van der Waals surface area contributed by atoms with Gasteiger partial charge in [0.05, 0.1) is 19.6 Å². The van der Waals surface area contributed by atoms with E-state index in [0.29, 0.717) is 12.2 Å². The summed E-state index contributed by atoms with van der Waals surface area (Å²) in [5.41, 5.74) is 0.586. The van der Waals surface area contributed by atoms with Crippen molar-refractivity contribution in [3.05, 3.63) is 95.7 Å². The number of fused-ring (bicyclic) bond motifs is 2. The number of benzene rings is 3. The van der Waals surface area contributed by atoms with Crippen LogP contribution in [-0.2, 0) is 31.5 Å². The summed E-state index contributed by atoms with van der Waals surface area (Å²) < 4.78 is 19.2. The zero-order chi connectivity index (χ0) is 31.0. The van der Waals surface area contributed by atoms with E-state index < -0.39 is 34.5 Å². The minimum Gasteiger partial charge on any atom is -0.468 e. The lowest BCUT2D eigenvalue weighted by atomic mass is 9.64. The largest absolute Gasteiger partial charge is 0.468 e. The normalized spacial score (nSPS) is 24.5. The van der Waals surface area contributed by atoms with Gasteiger partial charge in [-0.1, -0.05) is 54.6 Å². The molecule has 2 fully saturated rings. The Balaban J connectivity index is 1.58. The highest BCUT2D eigenvalue weighted by atomic mass is 16.6. The number of hydrogen-bond donors (Lipinski definition) is 0. The Morgan fingerprint density at radius 2 is 1.48 bits per heavy atom. The van der Waals surface area contributed by atoms with Crippen molar-refractivity contribution in [3.8, 4) is 5.75 Å². The highest BCUT2D eigenvalue weighted by Gasteiger charge is 2.88. The molecule has 1 aliphatic carbocycles. The number of aryl methyl sites for hydroxylation is 2. The number of rotatable bonds is 4. The van der Waals surface area contributed by atoms with Crippen molar-refractivity contribution in [2.75, 3.05) is 32.7 Å². The number of likely N-dealkylation sites (N-methyl/N-ethyl adjacent to an activating group) is 1. The topological polar surface area (TPSA) is 90.3 Å². The van der Waals surface area contributed by atoms with Gasteiger partial charge in [-0.05, 0) is 55.2 Å². The van der Waals surface area contributed by atoms with E-state index in [9.17, 15) is 14.4 Å². The van der Waals surface area contributed by atoms with Gasteiger partial charge in [-0.3, -0.25) is 14.5 Å². The van der Waals surface area contributed by atoms with Crippen LogP contribution >= 0.6 is 0 Å². The van der Waals surface area contributed by atoms with Gasteiger partial charge in [-0.2, -0.15) is 0 Å². The lowest BCUT2D eigenvalue weighted by molar-refractivity contribution is -0.178. The molecular weight excluding hydrogens is 558 g/mol. The summed E-state index contributed by atoms with van der Waals surface area (Å²) >= 11 is 0. The number of nitrogens with zero attached hydrogens (tertiary/aromatic N) is 3. The van der Waals surface area contributed by atoms with E-state index in [-0.39, 0.29) is 18.9 Å². The van der Waals surface area contributed by atoms with Gasteiger partial charge in [0, 0.05) is 48.8 Å². The Bertz CT molecular complexity index is 1780. The molecule has 226 valence electrons. The molecule has 1 amide bonds. The molecule has 1 aromatic heterocycles. The summed E-state index contributed by atoms with van der Waals surface area (Å²) in [4.78, 5) is 46.7. The van der Waals surface area contributed by atoms with Gasteiger partial charge in [0.2, 0.25) is 5.41 Å². The van der Waals surface area contributed by atoms with Crippen molar-refractivity contribution in [2.45, 2.75) is 36.8 Å². The summed E-state index contributed by atoms with van der Waals surface area (Å²) in [6.07, 6.45) is -0.0885. The molecule has 1 saturated carbocycles. The molecule has 0 N–H and O–H groups in total. The molecule has 7 rings (SSSR count). The van der Waals surface area contributed by atoms with E-state index in [1.807, 2.05) is 55.4 Å². The first kappa shape index (κ1) is 28.0. The molecule has 0 spiro atoms. The zero-order valence-electron chi connectivity index (χ0n) is 25.5. The van der Waals surface area contributed by atoms with Crippen molar-refractivity contribution in [2.24, 2.45) is 12.5 Å². The number of carbonyl (C=O) groups is 3. The summed E-state index contributed by atoms with van der Waals surface area (Å²) in [6.45, 7) is 2.34. The van der Waals surface area contributed by atoms with Crippen molar-refractivity contribution < 1.29 is 28.6 Å². The van der Waals surface area contributed by atoms with Crippen LogP contribution in [0.1, 0.15) is 35.6 Å². The predicted molar refractivity (Wildman–Crippen MR) is 165 cm³/mol. The van der Waals surface area contributed by atoms with Crippen molar-refractivity contribution in [3.63, 3.8) is 0 Å². The molecule has 0 radical (unpaired) electrons. The first-order valence-corrected chi connectivity index (χ1v) is 14.8. The first-order valence-electron chi connectivity index (χ1n) is 14.8. The summed E-state index contributed by atoms with van der Waals surface area (Å²) in [5.74, 6) is -1.50. The number of ether oxygens (including phenoxy) is 3. The molecule has 0 unspecified atom stereocenters. The Labute approximate surface area is 255 Å². The molecule has 3 aromatic carbocycles. The van der Waals surface area contributed by atoms with Crippen LogP contribution in [0.4, 0.5) is 10.5 Å². The van der Waals surface area contributed by atoms with E-state index in [4.69, 9.17) is 14.2 Å². The summed E-state index contributed by atoms with van der Waals surface area (Å²) in [6, 6.07) is 25.0. The average molecular weight is 594 g/mol. The number of methoxy groups -OCH3 is 2. The van der Waals surface area contributed by atoms with Crippen LogP contribution in [0, 0.1) is 12.3 Å². The summed E-state index contributed by atoms with van der Waals surface area (Å²) in [5, 5.41) is 1.10. The third-order valence-electron chi connectivity index (χ3n) is 10.7. The number of esters is 2. The maximum Gasteiger partial charge on any atom is 0.417 e. The van der Waals surface area contributed by atoms with Crippen LogP contribution in [0.15, 0.2) is 78.9 Å². The van der Waals surface area contributed by atoms with E-state index >= 15 is 0 Å². The Kier molecular flexibility index (Phi) is 6.12. The third kappa shape index (κ3) is 3.06. The minimum atomic E-state index is -1.91. The molecule has 4 aromatic rings. The Hall–Kier alpha value is -4.79. The summed E-state index contributed by atoms with van der Waals surface area (Å²) in [7, 11) is 6.45. The highest BCUT2D eigenvalue weighted by Crippen LogP contribution is 2.76. The highest BCUT2D eigenvalue weighted by molar-refractivity contribution is 6.06. The fourth-order valence-corrected chi connectivity index (χ4v) is 9.29. The molecule has 1 saturated heterocycles. The Morgan fingerprint density at radius 1 is 0.841 bits per heavy atom. The number of anilines is 1. The number of hydrogen-bond acceptors (Lipinski definition) is 7.